The molecule has 0 spiro atoms. The van der Waals surface area contributed by atoms with E-state index in [1.807, 2.05) is 0 Å². The molecular weight excluding hydrogens is 242 g/mol. The Labute approximate surface area is 101 Å². The van der Waals surface area contributed by atoms with Crippen LogP contribution in [0, 0.1) is 0 Å². The van der Waals surface area contributed by atoms with Gasteiger partial charge < -0.3 is 5.11 Å². The lowest BCUT2D eigenvalue weighted by atomic mass is 10.1. The molecule has 17 heavy (non-hydrogen) atoms. The Kier molecular flexibility index (Phi) is 2.97. The van der Waals surface area contributed by atoms with Crippen LogP contribution in [-0.2, 0) is 4.79 Å². The van der Waals surface area contributed by atoms with E-state index in [2.05, 4.69) is 5.32 Å². The number of carbonyl (C=O) groups is 3. The topological polar surface area (TPSA) is 83.5 Å². The zero-order valence-electron chi connectivity index (χ0n) is 8.47. The third-order valence-electron chi connectivity index (χ3n) is 2.07. The molecule has 1 fully saturated rings. The molecule has 0 radical (unpaired) electrons. The molecule has 86 valence electrons. The van der Waals surface area contributed by atoms with Gasteiger partial charge in [-0.3, -0.25) is 14.9 Å². The highest BCUT2D eigenvalue weighted by Gasteiger charge is 2.24. The first-order valence-corrected chi connectivity index (χ1v) is 5.46. The van der Waals surface area contributed by atoms with Crippen LogP contribution in [0.15, 0.2) is 29.2 Å². The summed E-state index contributed by atoms with van der Waals surface area (Å²) in [5.41, 5.74) is 0.700. The third kappa shape index (κ3) is 2.54. The Morgan fingerprint density at radius 1 is 1.35 bits per heavy atom. The molecule has 1 aliphatic heterocycles. The van der Waals surface area contributed by atoms with E-state index in [4.69, 9.17) is 5.11 Å². The maximum absolute atomic E-state index is 11.3. The van der Waals surface area contributed by atoms with Crippen molar-refractivity contribution in [2.24, 2.45) is 0 Å². The molecule has 2 amide bonds. The number of thioether (sulfide) groups is 1. The smallest absolute Gasteiger partial charge is 0.335 e. The number of carboxylic acid groups (broad SMARTS) is 1. The standard InChI is InChI=1S/C11H7NO4S/c13-9-8(17-11(16)12-9)5-6-2-1-3-7(4-6)10(14)15/h1-5H,(H,14,15)(H,12,13,16). The summed E-state index contributed by atoms with van der Waals surface area (Å²) in [7, 11) is 0. The Balaban J connectivity index is 2.33. The molecule has 0 atom stereocenters. The molecule has 1 aromatic carbocycles. The second-order valence-electron chi connectivity index (χ2n) is 3.28. The van der Waals surface area contributed by atoms with E-state index in [1.54, 1.807) is 12.1 Å². The summed E-state index contributed by atoms with van der Waals surface area (Å²) in [6.07, 6.45) is 1.48. The number of nitrogens with one attached hydrogen (secondary N) is 1. The van der Waals surface area contributed by atoms with E-state index < -0.39 is 17.1 Å². The fourth-order valence-electron chi connectivity index (χ4n) is 1.33. The molecule has 0 aliphatic carbocycles. The van der Waals surface area contributed by atoms with Crippen molar-refractivity contribution in [2.75, 3.05) is 0 Å². The lowest BCUT2D eigenvalue weighted by Crippen LogP contribution is -2.17. The van der Waals surface area contributed by atoms with Crippen LogP contribution >= 0.6 is 11.8 Å². The number of aromatic carboxylic acids is 1. The first kappa shape index (κ1) is 11.4. The molecule has 6 heteroatoms. The van der Waals surface area contributed by atoms with Gasteiger partial charge in [-0.2, -0.15) is 0 Å². The maximum Gasteiger partial charge on any atom is 0.335 e. The Morgan fingerprint density at radius 3 is 2.71 bits per heavy atom. The normalized spacial score (nSPS) is 17.3. The Bertz CT molecular complexity index is 550. The van der Waals surface area contributed by atoms with Crippen molar-refractivity contribution in [3.63, 3.8) is 0 Å². The molecule has 0 unspecified atom stereocenters. The van der Waals surface area contributed by atoms with Crippen LogP contribution in [0.4, 0.5) is 4.79 Å². The summed E-state index contributed by atoms with van der Waals surface area (Å²) in [6.45, 7) is 0. The van der Waals surface area contributed by atoms with Crippen molar-refractivity contribution in [1.29, 1.82) is 0 Å². The average molecular weight is 249 g/mol. The minimum absolute atomic E-state index is 0.133. The van der Waals surface area contributed by atoms with Gasteiger partial charge in [0.05, 0.1) is 10.5 Å². The minimum atomic E-state index is -1.04. The molecule has 1 aliphatic rings. The van der Waals surface area contributed by atoms with Crippen LogP contribution < -0.4 is 5.32 Å². The predicted octanol–water partition coefficient (Wildman–Crippen LogP) is 1.71. The van der Waals surface area contributed by atoms with Crippen LogP contribution in [0.1, 0.15) is 15.9 Å². The van der Waals surface area contributed by atoms with Crippen molar-refractivity contribution in [1.82, 2.24) is 5.32 Å². The number of carbonyl (C=O) groups excluding carboxylic acids is 2. The summed E-state index contributed by atoms with van der Waals surface area (Å²) in [4.78, 5) is 33.2. The number of hydrogen-bond donors (Lipinski definition) is 2. The summed E-state index contributed by atoms with van der Waals surface area (Å²) in [5.74, 6) is -1.49. The van der Waals surface area contributed by atoms with Crippen LogP contribution in [-0.4, -0.2) is 22.2 Å². The van der Waals surface area contributed by atoms with E-state index in [0.29, 0.717) is 5.56 Å². The number of amides is 2. The molecular formula is C11H7NO4S. The van der Waals surface area contributed by atoms with E-state index in [9.17, 15) is 14.4 Å². The first-order chi connectivity index (χ1) is 8.06. The average Bonchev–Trinajstić information content (AvgIpc) is 2.58. The van der Waals surface area contributed by atoms with E-state index in [0.717, 1.165) is 11.8 Å². The third-order valence-corrected chi connectivity index (χ3v) is 2.88. The number of hydrogen-bond acceptors (Lipinski definition) is 4. The molecule has 1 aromatic rings. The highest BCUT2D eigenvalue weighted by Crippen LogP contribution is 2.25. The molecule has 0 aromatic heterocycles. The van der Waals surface area contributed by atoms with Crippen molar-refractivity contribution < 1.29 is 19.5 Å². The molecule has 1 heterocycles. The van der Waals surface area contributed by atoms with E-state index in [-0.39, 0.29) is 10.5 Å². The largest absolute Gasteiger partial charge is 0.478 e. The van der Waals surface area contributed by atoms with Crippen LogP contribution in [0.5, 0.6) is 0 Å². The quantitative estimate of drug-likeness (QED) is 0.779. The lowest BCUT2D eigenvalue weighted by Gasteiger charge is -1.97. The highest BCUT2D eigenvalue weighted by atomic mass is 32.2. The molecule has 1 saturated heterocycles. The number of benzene rings is 1. The molecule has 2 rings (SSSR count). The Morgan fingerprint density at radius 2 is 2.12 bits per heavy atom. The molecule has 0 bridgehead atoms. The minimum Gasteiger partial charge on any atom is -0.478 e. The number of imide groups is 1. The van der Waals surface area contributed by atoms with Gasteiger partial charge in [-0.1, -0.05) is 12.1 Å². The van der Waals surface area contributed by atoms with Crippen LogP contribution in [0.2, 0.25) is 0 Å². The van der Waals surface area contributed by atoms with Gasteiger partial charge in [0, 0.05) is 0 Å². The molecule has 0 saturated carbocycles. The van der Waals surface area contributed by atoms with Crippen molar-refractivity contribution in [3.05, 3.63) is 40.3 Å². The summed E-state index contributed by atoms with van der Waals surface area (Å²) < 4.78 is 0. The predicted molar refractivity (Wildman–Crippen MR) is 62.5 cm³/mol. The maximum atomic E-state index is 11.3. The number of carboxylic acids is 1. The highest BCUT2D eigenvalue weighted by molar-refractivity contribution is 8.18. The monoisotopic (exact) mass is 249 g/mol. The molecule has 2 N–H and O–H groups in total. The van der Waals surface area contributed by atoms with Gasteiger partial charge in [-0.15, -0.1) is 0 Å². The van der Waals surface area contributed by atoms with Crippen LogP contribution in [0.3, 0.4) is 0 Å². The SMILES string of the molecule is O=C1NC(=O)C(=Cc2cccc(C(=O)O)c2)S1. The Hall–Kier alpha value is -2.08. The van der Waals surface area contributed by atoms with E-state index in [1.165, 1.54) is 18.2 Å². The van der Waals surface area contributed by atoms with Gasteiger partial charge in [0.15, 0.2) is 0 Å². The van der Waals surface area contributed by atoms with Gasteiger partial charge in [0.1, 0.15) is 0 Å². The van der Waals surface area contributed by atoms with Gasteiger partial charge in [-0.25, -0.2) is 4.79 Å². The fourth-order valence-corrected chi connectivity index (χ4v) is 2.02. The van der Waals surface area contributed by atoms with Gasteiger partial charge in [0.25, 0.3) is 11.1 Å². The summed E-state index contributed by atoms with van der Waals surface area (Å²) in [6, 6.07) is 6.13. The lowest BCUT2D eigenvalue weighted by molar-refractivity contribution is -0.115. The fraction of sp³-hybridized carbons (Fsp3) is 0. The van der Waals surface area contributed by atoms with E-state index >= 15 is 0 Å². The second-order valence-corrected chi connectivity index (χ2v) is 4.30. The number of rotatable bonds is 2. The second kappa shape index (κ2) is 4.42. The van der Waals surface area contributed by atoms with Gasteiger partial charge >= 0.3 is 5.97 Å². The van der Waals surface area contributed by atoms with Crippen molar-refractivity contribution in [2.45, 2.75) is 0 Å². The summed E-state index contributed by atoms with van der Waals surface area (Å²) >= 11 is 0.797. The van der Waals surface area contributed by atoms with Crippen LogP contribution in [0.25, 0.3) is 6.08 Å². The van der Waals surface area contributed by atoms with Crippen molar-refractivity contribution >= 4 is 35.0 Å². The summed E-state index contributed by atoms with van der Waals surface area (Å²) in [5, 5.41) is 10.5. The zero-order valence-corrected chi connectivity index (χ0v) is 9.28. The van der Waals surface area contributed by atoms with Gasteiger partial charge in [0.2, 0.25) is 0 Å². The van der Waals surface area contributed by atoms with Gasteiger partial charge in [-0.05, 0) is 35.5 Å². The molecule has 5 nitrogen and oxygen atoms in total. The zero-order chi connectivity index (χ0) is 12.4. The first-order valence-electron chi connectivity index (χ1n) is 4.64. The van der Waals surface area contributed by atoms with Crippen molar-refractivity contribution in [3.8, 4) is 0 Å².